The highest BCUT2D eigenvalue weighted by Crippen LogP contribution is 2.16. The minimum absolute atomic E-state index is 0.654. The van der Waals surface area contributed by atoms with Crippen molar-refractivity contribution in [2.75, 3.05) is 19.6 Å². The molecule has 1 heterocycles. The second kappa shape index (κ2) is 6.91. The van der Waals surface area contributed by atoms with Crippen LogP contribution >= 0.6 is 0 Å². The summed E-state index contributed by atoms with van der Waals surface area (Å²) < 4.78 is 0. The summed E-state index contributed by atoms with van der Waals surface area (Å²) in [6.07, 6.45) is 3.70. The van der Waals surface area contributed by atoms with E-state index < -0.39 is 0 Å². The fourth-order valence-electron chi connectivity index (χ4n) is 2.79. The zero-order valence-corrected chi connectivity index (χ0v) is 11.7. The minimum Gasteiger partial charge on any atom is -0.313 e. The van der Waals surface area contributed by atoms with Crippen molar-refractivity contribution in [3.8, 4) is 0 Å². The van der Waals surface area contributed by atoms with E-state index in [1.807, 2.05) is 0 Å². The molecule has 0 aliphatic carbocycles. The largest absolute Gasteiger partial charge is 0.313 e. The fourth-order valence-corrected chi connectivity index (χ4v) is 2.79. The average Bonchev–Trinajstić information content (AvgIpc) is 2.86. The summed E-state index contributed by atoms with van der Waals surface area (Å²) in [5, 5.41) is 3.64. The number of hydrogen-bond donors (Lipinski definition) is 1. The Labute approximate surface area is 111 Å². The van der Waals surface area contributed by atoms with Crippen molar-refractivity contribution in [3.63, 3.8) is 0 Å². The maximum absolute atomic E-state index is 3.64. The maximum Gasteiger partial charge on any atom is 0.0207 e. The van der Waals surface area contributed by atoms with Crippen LogP contribution in [-0.4, -0.2) is 36.6 Å². The van der Waals surface area contributed by atoms with Crippen molar-refractivity contribution in [2.24, 2.45) is 0 Å². The number of nitrogens with one attached hydrogen (secondary N) is 1. The van der Waals surface area contributed by atoms with Crippen LogP contribution in [0.2, 0.25) is 0 Å². The van der Waals surface area contributed by atoms with Crippen LogP contribution in [0, 0.1) is 0 Å². The highest BCUT2D eigenvalue weighted by molar-refractivity contribution is 5.15. The SMILES string of the molecule is CCCNC1CCN(C(C)Cc2ccccc2)C1. The van der Waals surface area contributed by atoms with E-state index in [2.05, 4.69) is 54.4 Å². The summed E-state index contributed by atoms with van der Waals surface area (Å²) in [6.45, 7) is 8.21. The zero-order valence-electron chi connectivity index (χ0n) is 11.7. The molecule has 2 atom stereocenters. The predicted molar refractivity (Wildman–Crippen MR) is 77.9 cm³/mol. The molecule has 0 amide bonds. The summed E-state index contributed by atoms with van der Waals surface area (Å²) in [5.74, 6) is 0. The molecule has 0 radical (unpaired) electrons. The van der Waals surface area contributed by atoms with Gasteiger partial charge in [-0.2, -0.15) is 0 Å². The highest BCUT2D eigenvalue weighted by Gasteiger charge is 2.25. The van der Waals surface area contributed by atoms with Gasteiger partial charge in [0, 0.05) is 25.2 Å². The van der Waals surface area contributed by atoms with Crippen LogP contribution in [-0.2, 0) is 6.42 Å². The first-order chi connectivity index (χ1) is 8.79. The molecule has 1 saturated heterocycles. The molecule has 1 N–H and O–H groups in total. The van der Waals surface area contributed by atoms with Gasteiger partial charge in [-0.3, -0.25) is 4.90 Å². The molecule has 2 nitrogen and oxygen atoms in total. The summed E-state index contributed by atoms with van der Waals surface area (Å²) in [7, 11) is 0. The van der Waals surface area contributed by atoms with Gasteiger partial charge in [0.2, 0.25) is 0 Å². The zero-order chi connectivity index (χ0) is 12.8. The normalized spacial score (nSPS) is 22.2. The number of hydrogen-bond acceptors (Lipinski definition) is 2. The Morgan fingerprint density at radius 2 is 2.11 bits per heavy atom. The lowest BCUT2D eigenvalue weighted by atomic mass is 10.1. The monoisotopic (exact) mass is 246 g/mol. The van der Waals surface area contributed by atoms with Crippen LogP contribution in [0.4, 0.5) is 0 Å². The number of nitrogens with zero attached hydrogens (tertiary/aromatic N) is 1. The molecule has 0 bridgehead atoms. The average molecular weight is 246 g/mol. The first-order valence-corrected chi connectivity index (χ1v) is 7.31. The first kappa shape index (κ1) is 13.6. The van der Waals surface area contributed by atoms with Crippen molar-refractivity contribution in [2.45, 2.75) is 45.2 Å². The second-order valence-corrected chi connectivity index (χ2v) is 5.47. The predicted octanol–water partition coefficient (Wildman–Crippen LogP) is 2.69. The van der Waals surface area contributed by atoms with E-state index >= 15 is 0 Å². The van der Waals surface area contributed by atoms with E-state index in [4.69, 9.17) is 0 Å². The van der Waals surface area contributed by atoms with Gasteiger partial charge < -0.3 is 5.32 Å². The van der Waals surface area contributed by atoms with Crippen LogP contribution in [0.25, 0.3) is 0 Å². The van der Waals surface area contributed by atoms with Crippen molar-refractivity contribution in [3.05, 3.63) is 35.9 Å². The van der Waals surface area contributed by atoms with Gasteiger partial charge in [-0.05, 0) is 38.3 Å². The second-order valence-electron chi connectivity index (χ2n) is 5.47. The van der Waals surface area contributed by atoms with Crippen LogP contribution < -0.4 is 5.32 Å². The molecule has 1 aliphatic rings. The van der Waals surface area contributed by atoms with Gasteiger partial charge in [0.25, 0.3) is 0 Å². The molecule has 1 fully saturated rings. The number of likely N-dealkylation sites (tertiary alicyclic amines) is 1. The quantitative estimate of drug-likeness (QED) is 0.830. The van der Waals surface area contributed by atoms with Gasteiger partial charge in [0.15, 0.2) is 0 Å². The third-order valence-corrected chi connectivity index (χ3v) is 3.90. The molecular formula is C16H26N2. The Morgan fingerprint density at radius 3 is 2.83 bits per heavy atom. The molecule has 1 aromatic carbocycles. The van der Waals surface area contributed by atoms with Crippen molar-refractivity contribution in [1.29, 1.82) is 0 Å². The molecule has 0 spiro atoms. The highest BCUT2D eigenvalue weighted by atomic mass is 15.2. The molecule has 1 aliphatic heterocycles. The topological polar surface area (TPSA) is 15.3 Å². The molecule has 2 unspecified atom stereocenters. The molecule has 100 valence electrons. The van der Waals surface area contributed by atoms with E-state index in [9.17, 15) is 0 Å². The van der Waals surface area contributed by atoms with Crippen LogP contribution in [0.3, 0.4) is 0 Å². The molecule has 2 rings (SSSR count). The van der Waals surface area contributed by atoms with E-state index in [1.54, 1.807) is 0 Å². The van der Waals surface area contributed by atoms with Crippen LogP contribution in [0.15, 0.2) is 30.3 Å². The van der Waals surface area contributed by atoms with Crippen molar-refractivity contribution >= 4 is 0 Å². The fraction of sp³-hybridized carbons (Fsp3) is 0.625. The smallest absolute Gasteiger partial charge is 0.0207 e. The summed E-state index contributed by atoms with van der Waals surface area (Å²) in [4.78, 5) is 2.63. The van der Waals surface area contributed by atoms with Gasteiger partial charge >= 0.3 is 0 Å². The van der Waals surface area contributed by atoms with Crippen molar-refractivity contribution in [1.82, 2.24) is 10.2 Å². The minimum atomic E-state index is 0.654. The Hall–Kier alpha value is -0.860. The molecular weight excluding hydrogens is 220 g/mol. The lowest BCUT2D eigenvalue weighted by Crippen LogP contribution is -2.37. The lowest BCUT2D eigenvalue weighted by Gasteiger charge is -2.24. The lowest BCUT2D eigenvalue weighted by molar-refractivity contribution is 0.251. The molecule has 0 saturated carbocycles. The maximum atomic E-state index is 3.64. The van der Waals surface area contributed by atoms with Gasteiger partial charge in [0.05, 0.1) is 0 Å². The van der Waals surface area contributed by atoms with E-state index in [0.29, 0.717) is 12.1 Å². The summed E-state index contributed by atoms with van der Waals surface area (Å²) >= 11 is 0. The Balaban J connectivity index is 1.78. The van der Waals surface area contributed by atoms with Crippen LogP contribution in [0.5, 0.6) is 0 Å². The molecule has 2 heteroatoms. The van der Waals surface area contributed by atoms with Gasteiger partial charge in [-0.25, -0.2) is 0 Å². The Morgan fingerprint density at radius 1 is 1.33 bits per heavy atom. The summed E-state index contributed by atoms with van der Waals surface area (Å²) in [5.41, 5.74) is 1.45. The van der Waals surface area contributed by atoms with E-state index in [-0.39, 0.29) is 0 Å². The number of benzene rings is 1. The molecule has 1 aromatic rings. The standard InChI is InChI=1S/C16H26N2/c1-3-10-17-16-9-11-18(13-16)14(2)12-15-7-5-4-6-8-15/h4-8,14,16-17H,3,9-13H2,1-2H3. The third kappa shape index (κ3) is 3.82. The number of rotatable bonds is 6. The Kier molecular flexibility index (Phi) is 5.21. The molecule has 18 heavy (non-hydrogen) atoms. The van der Waals surface area contributed by atoms with Gasteiger partial charge in [-0.15, -0.1) is 0 Å². The van der Waals surface area contributed by atoms with Crippen molar-refractivity contribution < 1.29 is 0 Å². The third-order valence-electron chi connectivity index (χ3n) is 3.90. The first-order valence-electron chi connectivity index (χ1n) is 7.31. The van der Waals surface area contributed by atoms with Crippen LogP contribution in [0.1, 0.15) is 32.3 Å². The Bertz CT molecular complexity index is 336. The van der Waals surface area contributed by atoms with Gasteiger partial charge in [0.1, 0.15) is 0 Å². The van der Waals surface area contributed by atoms with E-state index in [1.165, 1.54) is 37.9 Å². The molecule has 0 aromatic heterocycles. The van der Waals surface area contributed by atoms with E-state index in [0.717, 1.165) is 6.54 Å². The van der Waals surface area contributed by atoms with Gasteiger partial charge in [-0.1, -0.05) is 37.3 Å². The summed E-state index contributed by atoms with van der Waals surface area (Å²) in [6, 6.07) is 12.2.